The summed E-state index contributed by atoms with van der Waals surface area (Å²) >= 11 is 0. The maximum atomic E-state index is 11.7. The highest BCUT2D eigenvalue weighted by atomic mass is 16.6. The standard InChI is InChI=1S/C13H17NO4/c1-3-17-12(15)11(13(16)18-4-2)8-10-6-5-7-14-9-10/h5-7,9,11H,3-4,8H2,1-2H3. The lowest BCUT2D eigenvalue weighted by Gasteiger charge is -2.14. The Kier molecular flexibility index (Phi) is 5.84. The van der Waals surface area contributed by atoms with Gasteiger partial charge in [0.25, 0.3) is 0 Å². The summed E-state index contributed by atoms with van der Waals surface area (Å²) in [7, 11) is 0. The van der Waals surface area contributed by atoms with Gasteiger partial charge in [0.05, 0.1) is 13.2 Å². The Hall–Kier alpha value is -1.91. The minimum absolute atomic E-state index is 0.238. The molecule has 18 heavy (non-hydrogen) atoms. The molecule has 98 valence electrons. The van der Waals surface area contributed by atoms with Gasteiger partial charge in [0.15, 0.2) is 5.92 Å². The van der Waals surface area contributed by atoms with E-state index in [1.54, 1.807) is 38.4 Å². The van der Waals surface area contributed by atoms with Crippen LogP contribution in [0, 0.1) is 5.92 Å². The highest BCUT2D eigenvalue weighted by Gasteiger charge is 2.29. The van der Waals surface area contributed by atoms with E-state index in [9.17, 15) is 9.59 Å². The third-order valence-corrected chi connectivity index (χ3v) is 2.30. The number of rotatable bonds is 6. The third kappa shape index (κ3) is 4.16. The topological polar surface area (TPSA) is 65.5 Å². The van der Waals surface area contributed by atoms with Gasteiger partial charge in [-0.05, 0) is 31.9 Å². The lowest BCUT2D eigenvalue weighted by molar-refractivity contribution is -0.161. The quantitative estimate of drug-likeness (QED) is 0.564. The molecule has 0 bridgehead atoms. The van der Waals surface area contributed by atoms with Gasteiger partial charge >= 0.3 is 11.9 Å². The van der Waals surface area contributed by atoms with Gasteiger partial charge in [-0.1, -0.05) is 6.07 Å². The van der Waals surface area contributed by atoms with E-state index in [4.69, 9.17) is 9.47 Å². The maximum Gasteiger partial charge on any atom is 0.320 e. The number of esters is 2. The van der Waals surface area contributed by atoms with Gasteiger partial charge in [-0.2, -0.15) is 0 Å². The Bertz CT molecular complexity index is 373. The van der Waals surface area contributed by atoms with Gasteiger partial charge in [-0.3, -0.25) is 14.6 Å². The summed E-state index contributed by atoms with van der Waals surface area (Å²) in [5.41, 5.74) is 0.795. The second kappa shape index (κ2) is 7.42. The lowest BCUT2D eigenvalue weighted by atomic mass is 10.0. The molecule has 0 aliphatic carbocycles. The van der Waals surface area contributed by atoms with E-state index in [1.807, 2.05) is 0 Å². The first kappa shape index (κ1) is 14.2. The first-order chi connectivity index (χ1) is 8.69. The van der Waals surface area contributed by atoms with Crippen LogP contribution >= 0.6 is 0 Å². The van der Waals surface area contributed by atoms with Crippen molar-refractivity contribution in [1.82, 2.24) is 4.98 Å². The van der Waals surface area contributed by atoms with E-state index in [0.29, 0.717) is 0 Å². The third-order valence-electron chi connectivity index (χ3n) is 2.30. The van der Waals surface area contributed by atoms with Crippen LogP contribution in [0.5, 0.6) is 0 Å². The monoisotopic (exact) mass is 251 g/mol. The Morgan fingerprint density at radius 3 is 2.28 bits per heavy atom. The second-order valence-corrected chi connectivity index (χ2v) is 3.62. The average molecular weight is 251 g/mol. The van der Waals surface area contributed by atoms with Crippen molar-refractivity contribution in [3.8, 4) is 0 Å². The number of carbonyl (C=O) groups excluding carboxylic acids is 2. The summed E-state index contributed by atoms with van der Waals surface area (Å²) in [5.74, 6) is -2.03. The van der Waals surface area contributed by atoms with Gasteiger partial charge in [-0.25, -0.2) is 0 Å². The largest absolute Gasteiger partial charge is 0.465 e. The summed E-state index contributed by atoms with van der Waals surface area (Å²) in [5, 5.41) is 0. The average Bonchev–Trinajstić information content (AvgIpc) is 2.37. The highest BCUT2D eigenvalue weighted by Crippen LogP contribution is 2.12. The molecule has 0 atom stereocenters. The molecule has 0 N–H and O–H groups in total. The molecule has 0 saturated carbocycles. The normalized spacial score (nSPS) is 10.2. The molecule has 0 amide bonds. The van der Waals surface area contributed by atoms with Crippen molar-refractivity contribution in [2.24, 2.45) is 5.92 Å². The Labute approximate surface area is 106 Å². The summed E-state index contributed by atoms with van der Waals surface area (Å²) in [4.78, 5) is 27.4. The summed E-state index contributed by atoms with van der Waals surface area (Å²) < 4.78 is 9.77. The lowest BCUT2D eigenvalue weighted by Crippen LogP contribution is -2.30. The summed E-state index contributed by atoms with van der Waals surface area (Å²) in [6.45, 7) is 3.87. The van der Waals surface area contributed by atoms with Crippen LogP contribution in [-0.4, -0.2) is 30.1 Å². The van der Waals surface area contributed by atoms with Gasteiger partial charge in [0, 0.05) is 12.4 Å². The molecule has 0 spiro atoms. The molecule has 5 heteroatoms. The van der Waals surface area contributed by atoms with Crippen molar-refractivity contribution >= 4 is 11.9 Å². The fourth-order valence-corrected chi connectivity index (χ4v) is 1.50. The van der Waals surface area contributed by atoms with Crippen molar-refractivity contribution < 1.29 is 19.1 Å². The number of carbonyl (C=O) groups is 2. The molecule has 0 radical (unpaired) electrons. The molecule has 0 saturated heterocycles. The van der Waals surface area contributed by atoms with E-state index >= 15 is 0 Å². The van der Waals surface area contributed by atoms with Crippen LogP contribution in [0.1, 0.15) is 19.4 Å². The molecule has 1 aromatic rings. The van der Waals surface area contributed by atoms with Crippen LogP contribution in [0.3, 0.4) is 0 Å². The molecule has 1 aromatic heterocycles. The van der Waals surface area contributed by atoms with Crippen molar-refractivity contribution in [2.75, 3.05) is 13.2 Å². The van der Waals surface area contributed by atoms with Gasteiger partial charge < -0.3 is 9.47 Å². The molecule has 0 aliphatic rings. The van der Waals surface area contributed by atoms with E-state index < -0.39 is 17.9 Å². The SMILES string of the molecule is CCOC(=O)C(Cc1cccnc1)C(=O)OCC. The highest BCUT2D eigenvalue weighted by molar-refractivity contribution is 5.95. The van der Waals surface area contributed by atoms with Crippen molar-refractivity contribution in [3.63, 3.8) is 0 Å². The molecular formula is C13H17NO4. The number of nitrogens with zero attached hydrogens (tertiary/aromatic N) is 1. The van der Waals surface area contributed by atoms with Crippen LogP contribution in [0.25, 0.3) is 0 Å². The first-order valence-corrected chi connectivity index (χ1v) is 5.91. The fraction of sp³-hybridized carbons (Fsp3) is 0.462. The zero-order valence-corrected chi connectivity index (χ0v) is 10.6. The maximum absolute atomic E-state index is 11.7. The molecule has 5 nitrogen and oxygen atoms in total. The van der Waals surface area contributed by atoms with Gasteiger partial charge in [0.1, 0.15) is 0 Å². The van der Waals surface area contributed by atoms with Crippen LogP contribution in [0.2, 0.25) is 0 Å². The minimum Gasteiger partial charge on any atom is -0.465 e. The molecule has 0 fully saturated rings. The molecule has 1 heterocycles. The van der Waals surface area contributed by atoms with Crippen molar-refractivity contribution in [2.45, 2.75) is 20.3 Å². The van der Waals surface area contributed by atoms with E-state index in [2.05, 4.69) is 4.98 Å². The van der Waals surface area contributed by atoms with Gasteiger partial charge in [-0.15, -0.1) is 0 Å². The molecule has 0 aliphatic heterocycles. The number of pyridine rings is 1. The smallest absolute Gasteiger partial charge is 0.320 e. The zero-order valence-electron chi connectivity index (χ0n) is 10.6. The van der Waals surface area contributed by atoms with Crippen LogP contribution in [0.4, 0.5) is 0 Å². The second-order valence-electron chi connectivity index (χ2n) is 3.62. The van der Waals surface area contributed by atoms with E-state index in [1.165, 1.54) is 0 Å². The van der Waals surface area contributed by atoms with Crippen LogP contribution < -0.4 is 0 Å². The zero-order chi connectivity index (χ0) is 13.4. The predicted molar refractivity (Wildman–Crippen MR) is 64.7 cm³/mol. The number of hydrogen-bond donors (Lipinski definition) is 0. The molecule has 0 unspecified atom stereocenters. The van der Waals surface area contributed by atoms with Crippen molar-refractivity contribution in [1.29, 1.82) is 0 Å². The number of ether oxygens (including phenoxy) is 2. The van der Waals surface area contributed by atoms with Crippen LogP contribution in [-0.2, 0) is 25.5 Å². The fourth-order valence-electron chi connectivity index (χ4n) is 1.50. The molecule has 0 aromatic carbocycles. The minimum atomic E-state index is -0.922. The first-order valence-electron chi connectivity index (χ1n) is 5.91. The number of aromatic nitrogens is 1. The Morgan fingerprint density at radius 2 is 1.83 bits per heavy atom. The Balaban J connectivity index is 2.77. The summed E-state index contributed by atoms with van der Waals surface area (Å²) in [6.07, 6.45) is 3.49. The van der Waals surface area contributed by atoms with Gasteiger partial charge in [0.2, 0.25) is 0 Å². The summed E-state index contributed by atoms with van der Waals surface area (Å²) in [6, 6.07) is 3.56. The van der Waals surface area contributed by atoms with Crippen LogP contribution in [0.15, 0.2) is 24.5 Å². The van der Waals surface area contributed by atoms with E-state index in [-0.39, 0.29) is 19.6 Å². The molecule has 1 rings (SSSR count). The Morgan fingerprint density at radius 1 is 1.22 bits per heavy atom. The predicted octanol–water partition coefficient (Wildman–Crippen LogP) is 1.37. The van der Waals surface area contributed by atoms with E-state index in [0.717, 1.165) is 5.56 Å². The number of hydrogen-bond acceptors (Lipinski definition) is 5. The molecular weight excluding hydrogens is 234 g/mol. The van der Waals surface area contributed by atoms with Crippen molar-refractivity contribution in [3.05, 3.63) is 30.1 Å².